The van der Waals surface area contributed by atoms with Crippen molar-refractivity contribution in [2.45, 2.75) is 44.5 Å². The first kappa shape index (κ1) is 23.5. The van der Waals surface area contributed by atoms with Gasteiger partial charge in [-0.3, -0.25) is 14.6 Å². The molecule has 1 aromatic heterocycles. The van der Waals surface area contributed by atoms with Gasteiger partial charge in [-0.15, -0.1) is 13.2 Å². The number of hydrogen-bond donors (Lipinski definition) is 1. The molecular formula is C23H23F3N4O4. The Bertz CT molecular complexity index is 1080. The predicted molar refractivity (Wildman–Crippen MR) is 115 cm³/mol. The summed E-state index contributed by atoms with van der Waals surface area (Å²) >= 11 is 0. The summed E-state index contributed by atoms with van der Waals surface area (Å²) in [5, 5.41) is 2.63. The number of urea groups is 1. The molecule has 180 valence electrons. The van der Waals surface area contributed by atoms with Gasteiger partial charge in [-0.25, -0.2) is 9.69 Å². The SMILES string of the molecule is CC(c1ccnc(C(=O)N2CCCCC2)c1)C1NC(=O)N(c2ccc(OC(F)(F)F)cc2)C1=O. The van der Waals surface area contributed by atoms with Crippen molar-refractivity contribution in [3.63, 3.8) is 0 Å². The van der Waals surface area contributed by atoms with E-state index in [1.54, 1.807) is 24.0 Å². The molecule has 2 fully saturated rings. The summed E-state index contributed by atoms with van der Waals surface area (Å²) in [6.07, 6.45) is -0.359. The van der Waals surface area contributed by atoms with Crippen molar-refractivity contribution >= 4 is 23.5 Å². The number of aromatic nitrogens is 1. The van der Waals surface area contributed by atoms with Gasteiger partial charge in [0, 0.05) is 25.2 Å². The van der Waals surface area contributed by atoms with Crippen molar-refractivity contribution in [2.75, 3.05) is 18.0 Å². The Morgan fingerprint density at radius 1 is 1.12 bits per heavy atom. The van der Waals surface area contributed by atoms with Crippen molar-refractivity contribution in [1.82, 2.24) is 15.2 Å². The van der Waals surface area contributed by atoms with E-state index in [9.17, 15) is 27.6 Å². The maximum absolute atomic E-state index is 13.1. The highest BCUT2D eigenvalue weighted by atomic mass is 19.4. The van der Waals surface area contributed by atoms with Gasteiger partial charge in [-0.05, 0) is 61.2 Å². The minimum absolute atomic E-state index is 0.113. The van der Waals surface area contributed by atoms with Gasteiger partial charge >= 0.3 is 12.4 Å². The van der Waals surface area contributed by atoms with E-state index in [-0.39, 0.29) is 17.3 Å². The van der Waals surface area contributed by atoms with E-state index in [4.69, 9.17) is 0 Å². The molecule has 2 aliphatic heterocycles. The minimum atomic E-state index is -4.85. The van der Waals surface area contributed by atoms with Crippen LogP contribution in [0, 0.1) is 0 Å². The highest BCUT2D eigenvalue weighted by molar-refractivity contribution is 6.21. The number of carbonyl (C=O) groups is 3. The van der Waals surface area contributed by atoms with Crippen molar-refractivity contribution in [3.05, 3.63) is 53.9 Å². The lowest BCUT2D eigenvalue weighted by Gasteiger charge is -2.26. The Labute approximate surface area is 193 Å². The van der Waals surface area contributed by atoms with E-state index < -0.39 is 36.0 Å². The normalized spacial score (nSPS) is 19.7. The number of hydrogen-bond acceptors (Lipinski definition) is 5. The summed E-state index contributed by atoms with van der Waals surface area (Å²) in [7, 11) is 0. The molecule has 8 nitrogen and oxygen atoms in total. The van der Waals surface area contributed by atoms with Gasteiger partial charge in [0.1, 0.15) is 17.5 Å². The molecule has 1 N–H and O–H groups in total. The minimum Gasteiger partial charge on any atom is -0.406 e. The van der Waals surface area contributed by atoms with E-state index in [0.29, 0.717) is 18.7 Å². The molecule has 2 aliphatic rings. The standard InChI is InChI=1S/C23H23F3N4O4/c1-14(15-9-10-27-18(13-15)20(31)29-11-3-2-4-12-29)19-21(32)30(22(33)28-19)16-5-7-17(8-6-16)34-23(24,25)26/h5-10,13-14,19H,2-4,11-12H2,1H3,(H,28,33). The van der Waals surface area contributed by atoms with Crippen molar-refractivity contribution in [2.24, 2.45) is 0 Å². The zero-order valence-electron chi connectivity index (χ0n) is 18.3. The summed E-state index contributed by atoms with van der Waals surface area (Å²) in [4.78, 5) is 45.2. The number of nitrogens with zero attached hydrogens (tertiary/aromatic N) is 3. The number of carbonyl (C=O) groups excluding carboxylic acids is 3. The molecule has 0 radical (unpaired) electrons. The lowest BCUT2D eigenvalue weighted by Crippen LogP contribution is -2.37. The van der Waals surface area contributed by atoms with Crippen molar-refractivity contribution in [3.8, 4) is 5.75 Å². The topological polar surface area (TPSA) is 91.8 Å². The van der Waals surface area contributed by atoms with Crippen LogP contribution in [0.15, 0.2) is 42.6 Å². The van der Waals surface area contributed by atoms with Gasteiger partial charge in [-0.1, -0.05) is 6.92 Å². The van der Waals surface area contributed by atoms with Gasteiger partial charge in [0.15, 0.2) is 0 Å². The number of halogens is 3. The molecular weight excluding hydrogens is 453 g/mol. The Kier molecular flexibility index (Phi) is 6.45. The predicted octanol–water partition coefficient (Wildman–Crippen LogP) is 3.83. The molecule has 4 amide bonds. The number of imide groups is 1. The summed E-state index contributed by atoms with van der Waals surface area (Å²) in [5.41, 5.74) is 1.05. The monoisotopic (exact) mass is 476 g/mol. The Morgan fingerprint density at radius 2 is 1.79 bits per heavy atom. The maximum atomic E-state index is 13.1. The third-order valence-corrected chi connectivity index (χ3v) is 5.97. The Balaban J connectivity index is 1.49. The third kappa shape index (κ3) is 4.97. The molecule has 2 unspecified atom stereocenters. The van der Waals surface area contributed by atoms with Crippen LogP contribution in [0.5, 0.6) is 5.75 Å². The summed E-state index contributed by atoms with van der Waals surface area (Å²) < 4.78 is 40.9. The summed E-state index contributed by atoms with van der Waals surface area (Å²) in [5.74, 6) is -1.66. The first-order valence-corrected chi connectivity index (χ1v) is 10.9. The third-order valence-electron chi connectivity index (χ3n) is 5.97. The van der Waals surface area contributed by atoms with E-state index in [2.05, 4.69) is 15.0 Å². The number of rotatable bonds is 5. The van der Waals surface area contributed by atoms with E-state index in [1.807, 2.05) is 0 Å². The van der Waals surface area contributed by atoms with E-state index in [1.165, 1.54) is 18.3 Å². The highest BCUT2D eigenvalue weighted by Crippen LogP contribution is 2.30. The molecule has 2 atom stereocenters. The fraction of sp³-hybridized carbons (Fsp3) is 0.391. The molecule has 0 saturated carbocycles. The molecule has 0 bridgehead atoms. The molecule has 2 saturated heterocycles. The molecule has 34 heavy (non-hydrogen) atoms. The van der Waals surface area contributed by atoms with Crippen LogP contribution in [0.2, 0.25) is 0 Å². The smallest absolute Gasteiger partial charge is 0.406 e. The number of piperidine rings is 1. The molecule has 3 heterocycles. The zero-order valence-corrected chi connectivity index (χ0v) is 18.3. The van der Waals surface area contributed by atoms with Gasteiger partial charge in [-0.2, -0.15) is 0 Å². The number of amides is 4. The number of pyridine rings is 1. The second-order valence-electron chi connectivity index (χ2n) is 8.26. The fourth-order valence-corrected chi connectivity index (χ4v) is 4.18. The second-order valence-corrected chi connectivity index (χ2v) is 8.26. The van der Waals surface area contributed by atoms with Crippen LogP contribution in [-0.2, 0) is 4.79 Å². The molecule has 4 rings (SSSR count). The van der Waals surface area contributed by atoms with Gasteiger partial charge in [0.25, 0.3) is 11.8 Å². The van der Waals surface area contributed by atoms with Gasteiger partial charge < -0.3 is 15.0 Å². The van der Waals surface area contributed by atoms with Crippen LogP contribution in [0.25, 0.3) is 0 Å². The van der Waals surface area contributed by atoms with Crippen LogP contribution in [0.1, 0.15) is 48.2 Å². The molecule has 2 aromatic rings. The van der Waals surface area contributed by atoms with Crippen LogP contribution in [0.3, 0.4) is 0 Å². The van der Waals surface area contributed by atoms with E-state index in [0.717, 1.165) is 36.3 Å². The van der Waals surface area contributed by atoms with Crippen LogP contribution < -0.4 is 15.0 Å². The number of likely N-dealkylation sites (tertiary alicyclic amines) is 1. The molecule has 0 aliphatic carbocycles. The number of nitrogens with one attached hydrogen (secondary N) is 1. The first-order chi connectivity index (χ1) is 16.1. The average Bonchev–Trinajstić information content (AvgIpc) is 3.12. The van der Waals surface area contributed by atoms with E-state index >= 15 is 0 Å². The molecule has 1 aromatic carbocycles. The van der Waals surface area contributed by atoms with Gasteiger partial charge in [0.05, 0.1) is 5.69 Å². The lowest BCUT2D eigenvalue weighted by atomic mass is 9.93. The maximum Gasteiger partial charge on any atom is 0.573 e. The molecule has 0 spiro atoms. The lowest BCUT2D eigenvalue weighted by molar-refractivity contribution is -0.274. The van der Waals surface area contributed by atoms with Crippen LogP contribution in [-0.4, -0.2) is 53.2 Å². The quantitative estimate of drug-likeness (QED) is 0.663. The Hall–Kier alpha value is -3.63. The second kappa shape index (κ2) is 9.32. The average molecular weight is 476 g/mol. The first-order valence-electron chi connectivity index (χ1n) is 10.9. The van der Waals surface area contributed by atoms with Crippen molar-refractivity contribution < 1.29 is 32.3 Å². The summed E-state index contributed by atoms with van der Waals surface area (Å²) in [6, 6.07) is 6.17. The van der Waals surface area contributed by atoms with Gasteiger partial charge in [0.2, 0.25) is 0 Å². The number of alkyl halides is 3. The highest BCUT2D eigenvalue weighted by Gasteiger charge is 2.42. The Morgan fingerprint density at radius 3 is 2.44 bits per heavy atom. The molecule has 11 heteroatoms. The number of anilines is 1. The summed E-state index contributed by atoms with van der Waals surface area (Å²) in [6.45, 7) is 3.11. The number of ether oxygens (including phenoxy) is 1. The van der Waals surface area contributed by atoms with Crippen LogP contribution in [0.4, 0.5) is 23.7 Å². The fourth-order valence-electron chi connectivity index (χ4n) is 4.18. The number of benzene rings is 1. The largest absolute Gasteiger partial charge is 0.573 e. The van der Waals surface area contributed by atoms with Crippen molar-refractivity contribution in [1.29, 1.82) is 0 Å². The van der Waals surface area contributed by atoms with Crippen LogP contribution >= 0.6 is 0 Å². The zero-order chi connectivity index (χ0) is 24.5.